The lowest BCUT2D eigenvalue weighted by molar-refractivity contribution is 0.0682. The van der Waals surface area contributed by atoms with Crippen LogP contribution >= 0.6 is 0 Å². The van der Waals surface area contributed by atoms with Crippen LogP contribution < -0.4 is 4.74 Å². The van der Waals surface area contributed by atoms with Gasteiger partial charge in [0, 0.05) is 5.69 Å². The van der Waals surface area contributed by atoms with Crippen LogP contribution in [0.4, 0.5) is 0 Å². The highest BCUT2D eigenvalue weighted by molar-refractivity contribution is 5.88. The number of hydrogen-bond donors (Lipinski definition) is 1. The van der Waals surface area contributed by atoms with Crippen molar-refractivity contribution in [3.63, 3.8) is 0 Å². The predicted molar refractivity (Wildman–Crippen MR) is 58.8 cm³/mol. The van der Waals surface area contributed by atoms with E-state index in [0.717, 1.165) is 0 Å². The number of carboxylic acid groups (broad SMARTS) is 1. The Balaban J connectivity index is 2.08. The van der Waals surface area contributed by atoms with Gasteiger partial charge < -0.3 is 9.84 Å². The van der Waals surface area contributed by atoms with E-state index in [9.17, 15) is 4.79 Å². The Labute approximate surface area is 94.3 Å². The SMILES string of the molecule is Cc1ccc(OCC2CCC2)c(C(=O)O)n1. The molecule has 4 heteroatoms. The van der Waals surface area contributed by atoms with E-state index in [1.807, 2.05) is 0 Å². The molecule has 1 fully saturated rings. The first-order chi connectivity index (χ1) is 7.66. The van der Waals surface area contributed by atoms with Gasteiger partial charge in [-0.2, -0.15) is 0 Å². The second-order valence-corrected chi connectivity index (χ2v) is 4.21. The van der Waals surface area contributed by atoms with Gasteiger partial charge in [-0.1, -0.05) is 6.42 Å². The summed E-state index contributed by atoms with van der Waals surface area (Å²) in [7, 11) is 0. The number of aromatic carboxylic acids is 1. The van der Waals surface area contributed by atoms with Crippen LogP contribution in [0.5, 0.6) is 5.75 Å². The molecule has 0 bridgehead atoms. The van der Waals surface area contributed by atoms with Crippen LogP contribution in [0, 0.1) is 12.8 Å². The normalized spacial score (nSPS) is 15.6. The van der Waals surface area contributed by atoms with E-state index in [1.54, 1.807) is 19.1 Å². The lowest BCUT2D eigenvalue weighted by atomic mass is 9.86. The number of carboxylic acids is 1. The van der Waals surface area contributed by atoms with Gasteiger partial charge in [0.25, 0.3) is 0 Å². The van der Waals surface area contributed by atoms with Gasteiger partial charge in [-0.3, -0.25) is 0 Å². The molecule has 1 heterocycles. The Morgan fingerprint density at radius 1 is 1.56 bits per heavy atom. The molecule has 0 unspecified atom stereocenters. The molecule has 86 valence electrons. The Bertz CT molecular complexity index is 399. The molecule has 1 aromatic heterocycles. The molecule has 0 amide bonds. The second-order valence-electron chi connectivity index (χ2n) is 4.21. The summed E-state index contributed by atoms with van der Waals surface area (Å²) in [6.45, 7) is 2.37. The minimum Gasteiger partial charge on any atom is -0.491 e. The molecule has 0 saturated heterocycles. The first kappa shape index (κ1) is 10.9. The summed E-state index contributed by atoms with van der Waals surface area (Å²) in [6.07, 6.45) is 3.62. The van der Waals surface area contributed by atoms with Crippen LogP contribution in [0.3, 0.4) is 0 Å². The number of aromatic nitrogens is 1. The van der Waals surface area contributed by atoms with Gasteiger partial charge in [-0.15, -0.1) is 0 Å². The first-order valence-corrected chi connectivity index (χ1v) is 5.50. The van der Waals surface area contributed by atoms with Crippen molar-refractivity contribution < 1.29 is 14.6 Å². The van der Waals surface area contributed by atoms with Gasteiger partial charge in [0.1, 0.15) is 0 Å². The molecule has 4 nitrogen and oxygen atoms in total. The van der Waals surface area contributed by atoms with Crippen LogP contribution in [0.1, 0.15) is 35.4 Å². The van der Waals surface area contributed by atoms with Crippen LogP contribution in [0.2, 0.25) is 0 Å². The largest absolute Gasteiger partial charge is 0.491 e. The molecule has 0 aromatic carbocycles. The smallest absolute Gasteiger partial charge is 0.358 e. The zero-order valence-electron chi connectivity index (χ0n) is 9.27. The quantitative estimate of drug-likeness (QED) is 0.847. The summed E-state index contributed by atoms with van der Waals surface area (Å²) >= 11 is 0. The lowest BCUT2D eigenvalue weighted by Crippen LogP contribution is -2.20. The number of hydrogen-bond acceptors (Lipinski definition) is 3. The average molecular weight is 221 g/mol. The summed E-state index contributed by atoms with van der Waals surface area (Å²) in [5.41, 5.74) is 0.702. The van der Waals surface area contributed by atoms with Gasteiger partial charge in [-0.05, 0) is 37.8 Å². The van der Waals surface area contributed by atoms with Crippen molar-refractivity contribution in [1.29, 1.82) is 0 Å². The fourth-order valence-electron chi connectivity index (χ4n) is 1.68. The maximum Gasteiger partial charge on any atom is 0.358 e. The van der Waals surface area contributed by atoms with Crippen molar-refractivity contribution in [1.82, 2.24) is 4.98 Å². The summed E-state index contributed by atoms with van der Waals surface area (Å²) in [5.74, 6) is -0.0692. The molecular weight excluding hydrogens is 206 g/mol. The Hall–Kier alpha value is -1.58. The number of aryl methyl sites for hydroxylation is 1. The van der Waals surface area contributed by atoms with E-state index in [2.05, 4.69) is 4.98 Å². The third-order valence-electron chi connectivity index (χ3n) is 2.90. The van der Waals surface area contributed by atoms with Gasteiger partial charge in [0.05, 0.1) is 6.61 Å². The number of nitrogens with zero attached hydrogens (tertiary/aromatic N) is 1. The predicted octanol–water partition coefficient (Wildman–Crippen LogP) is 2.27. The third-order valence-corrected chi connectivity index (χ3v) is 2.90. The van der Waals surface area contributed by atoms with Gasteiger partial charge in [-0.25, -0.2) is 9.78 Å². The molecule has 1 aliphatic carbocycles. The van der Waals surface area contributed by atoms with Crippen molar-refractivity contribution in [2.24, 2.45) is 5.92 Å². The average Bonchev–Trinajstić information content (AvgIpc) is 2.17. The number of pyridine rings is 1. The Kier molecular flexibility index (Phi) is 3.08. The van der Waals surface area contributed by atoms with Crippen molar-refractivity contribution >= 4 is 5.97 Å². The van der Waals surface area contributed by atoms with Crippen LogP contribution in [-0.4, -0.2) is 22.7 Å². The van der Waals surface area contributed by atoms with E-state index in [0.29, 0.717) is 24.0 Å². The molecule has 0 atom stereocenters. The monoisotopic (exact) mass is 221 g/mol. The molecule has 16 heavy (non-hydrogen) atoms. The van der Waals surface area contributed by atoms with E-state index < -0.39 is 5.97 Å². The Morgan fingerprint density at radius 3 is 2.88 bits per heavy atom. The van der Waals surface area contributed by atoms with Crippen molar-refractivity contribution in [2.45, 2.75) is 26.2 Å². The second kappa shape index (κ2) is 4.51. The van der Waals surface area contributed by atoms with Gasteiger partial charge in [0.2, 0.25) is 0 Å². The van der Waals surface area contributed by atoms with Crippen molar-refractivity contribution in [3.05, 3.63) is 23.5 Å². The fourth-order valence-corrected chi connectivity index (χ4v) is 1.68. The topological polar surface area (TPSA) is 59.4 Å². The molecule has 0 aliphatic heterocycles. The summed E-state index contributed by atoms with van der Waals surface area (Å²) in [6, 6.07) is 3.45. The summed E-state index contributed by atoms with van der Waals surface area (Å²) < 4.78 is 5.51. The highest BCUT2D eigenvalue weighted by Crippen LogP contribution is 2.27. The molecule has 1 aromatic rings. The van der Waals surface area contributed by atoms with Crippen molar-refractivity contribution in [3.8, 4) is 5.75 Å². The molecule has 1 aliphatic rings. The lowest BCUT2D eigenvalue weighted by Gasteiger charge is -2.25. The first-order valence-electron chi connectivity index (χ1n) is 5.50. The number of rotatable bonds is 4. The standard InChI is InChI=1S/C12H15NO3/c1-8-5-6-10(11(13-8)12(14)15)16-7-9-3-2-4-9/h5-6,9H,2-4,7H2,1H3,(H,14,15). The minimum atomic E-state index is -1.03. The summed E-state index contributed by atoms with van der Waals surface area (Å²) in [4.78, 5) is 14.9. The highest BCUT2D eigenvalue weighted by atomic mass is 16.5. The molecule has 0 radical (unpaired) electrons. The zero-order chi connectivity index (χ0) is 11.5. The number of ether oxygens (including phenoxy) is 1. The minimum absolute atomic E-state index is 0.0133. The van der Waals surface area contributed by atoms with Crippen molar-refractivity contribution in [2.75, 3.05) is 6.61 Å². The molecule has 0 spiro atoms. The molecular formula is C12H15NO3. The summed E-state index contributed by atoms with van der Waals surface area (Å²) in [5, 5.41) is 8.98. The van der Waals surface area contributed by atoms with Crippen LogP contribution in [0.15, 0.2) is 12.1 Å². The fraction of sp³-hybridized carbons (Fsp3) is 0.500. The maximum absolute atomic E-state index is 11.0. The van der Waals surface area contributed by atoms with E-state index >= 15 is 0 Å². The number of carbonyl (C=O) groups is 1. The van der Waals surface area contributed by atoms with E-state index in [1.165, 1.54) is 19.3 Å². The highest BCUT2D eigenvalue weighted by Gasteiger charge is 2.20. The van der Waals surface area contributed by atoms with Gasteiger partial charge >= 0.3 is 5.97 Å². The maximum atomic E-state index is 11.0. The third kappa shape index (κ3) is 2.32. The molecule has 1 N–H and O–H groups in total. The van der Waals surface area contributed by atoms with E-state index in [-0.39, 0.29) is 5.69 Å². The van der Waals surface area contributed by atoms with Crippen LogP contribution in [0.25, 0.3) is 0 Å². The molecule has 2 rings (SSSR count). The van der Waals surface area contributed by atoms with Crippen LogP contribution in [-0.2, 0) is 0 Å². The zero-order valence-corrected chi connectivity index (χ0v) is 9.27. The van der Waals surface area contributed by atoms with Gasteiger partial charge in [0.15, 0.2) is 11.4 Å². The Morgan fingerprint density at radius 2 is 2.31 bits per heavy atom. The molecule has 1 saturated carbocycles. The van der Waals surface area contributed by atoms with E-state index in [4.69, 9.17) is 9.84 Å².